The predicted molar refractivity (Wildman–Crippen MR) is 76.9 cm³/mol. The molecule has 0 spiro atoms. The highest BCUT2D eigenvalue weighted by Crippen LogP contribution is 2.25. The minimum atomic E-state index is -0.444. The summed E-state index contributed by atoms with van der Waals surface area (Å²) in [6.07, 6.45) is 4.57. The molecule has 0 bridgehead atoms. The van der Waals surface area contributed by atoms with E-state index in [0.29, 0.717) is 23.9 Å². The second kappa shape index (κ2) is 6.57. The number of benzene rings is 1. The largest absolute Gasteiger partial charge is 0.397 e. The van der Waals surface area contributed by atoms with Gasteiger partial charge in [0, 0.05) is 0 Å². The van der Waals surface area contributed by atoms with Gasteiger partial charge in [-0.2, -0.15) is 0 Å². The van der Waals surface area contributed by atoms with Crippen LogP contribution in [0.3, 0.4) is 0 Å². The Labute approximate surface area is 114 Å². The van der Waals surface area contributed by atoms with Crippen molar-refractivity contribution in [1.29, 1.82) is 0 Å². The van der Waals surface area contributed by atoms with E-state index < -0.39 is 6.10 Å². The third kappa shape index (κ3) is 3.96. The Hall–Kier alpha value is -1.55. The summed E-state index contributed by atoms with van der Waals surface area (Å²) in [5, 5.41) is 2.80. The Morgan fingerprint density at radius 2 is 2.11 bits per heavy atom. The molecule has 2 rings (SSSR count). The number of nitrogens with two attached hydrogens (primary N) is 1. The smallest absolute Gasteiger partial charge is 0.253 e. The van der Waals surface area contributed by atoms with Crippen molar-refractivity contribution >= 4 is 17.3 Å². The van der Waals surface area contributed by atoms with Gasteiger partial charge in [-0.05, 0) is 37.8 Å². The van der Waals surface area contributed by atoms with E-state index in [2.05, 4.69) is 5.32 Å². The van der Waals surface area contributed by atoms with Crippen LogP contribution >= 0.6 is 0 Å². The van der Waals surface area contributed by atoms with Gasteiger partial charge in [0.05, 0.1) is 18.0 Å². The molecule has 104 valence electrons. The second-order valence-corrected chi connectivity index (χ2v) is 5.20. The monoisotopic (exact) mass is 262 g/mol. The minimum Gasteiger partial charge on any atom is -0.397 e. The average molecular weight is 262 g/mol. The zero-order valence-corrected chi connectivity index (χ0v) is 11.4. The first kappa shape index (κ1) is 13.9. The van der Waals surface area contributed by atoms with Crippen LogP contribution in [0.15, 0.2) is 24.3 Å². The van der Waals surface area contributed by atoms with Gasteiger partial charge >= 0.3 is 0 Å². The van der Waals surface area contributed by atoms with Gasteiger partial charge in [-0.15, -0.1) is 0 Å². The topological polar surface area (TPSA) is 64.3 Å². The van der Waals surface area contributed by atoms with E-state index in [0.717, 1.165) is 0 Å². The van der Waals surface area contributed by atoms with Crippen LogP contribution < -0.4 is 11.1 Å². The van der Waals surface area contributed by atoms with Gasteiger partial charge in [-0.3, -0.25) is 4.79 Å². The number of carbonyl (C=O) groups is 1. The normalized spacial score (nSPS) is 17.3. The number of nitrogens with one attached hydrogen (secondary N) is 1. The molecule has 3 N–H and O–H groups in total. The van der Waals surface area contributed by atoms with E-state index in [1.807, 2.05) is 12.1 Å². The van der Waals surface area contributed by atoms with Gasteiger partial charge < -0.3 is 15.8 Å². The van der Waals surface area contributed by atoms with E-state index in [1.54, 1.807) is 19.1 Å². The molecule has 1 amide bonds. The van der Waals surface area contributed by atoms with Crippen LogP contribution in [0.25, 0.3) is 0 Å². The molecule has 0 saturated heterocycles. The summed E-state index contributed by atoms with van der Waals surface area (Å²) in [5.74, 6) is 0.480. The number of nitrogen functional groups attached to an aromatic ring is 1. The lowest BCUT2D eigenvalue weighted by molar-refractivity contribution is -0.127. The fraction of sp³-hybridized carbons (Fsp3) is 0.533. The fourth-order valence-corrected chi connectivity index (χ4v) is 2.38. The van der Waals surface area contributed by atoms with Crippen LogP contribution in [-0.2, 0) is 9.53 Å². The molecule has 1 aliphatic carbocycles. The van der Waals surface area contributed by atoms with Crippen LogP contribution in [0.2, 0.25) is 0 Å². The van der Waals surface area contributed by atoms with Gasteiger partial charge in [0.1, 0.15) is 6.10 Å². The first-order chi connectivity index (χ1) is 9.16. The van der Waals surface area contributed by atoms with Crippen LogP contribution in [-0.4, -0.2) is 18.6 Å². The highest BCUT2D eigenvalue weighted by atomic mass is 16.5. The number of rotatable bonds is 5. The molecular weight excluding hydrogens is 240 g/mol. The summed E-state index contributed by atoms with van der Waals surface area (Å²) in [6.45, 7) is 2.46. The van der Waals surface area contributed by atoms with E-state index in [4.69, 9.17) is 10.5 Å². The Bertz CT molecular complexity index is 428. The highest BCUT2D eigenvalue weighted by Gasteiger charge is 2.19. The summed E-state index contributed by atoms with van der Waals surface area (Å²) >= 11 is 0. The number of ether oxygens (including phenoxy) is 1. The Morgan fingerprint density at radius 3 is 2.79 bits per heavy atom. The first-order valence-electron chi connectivity index (χ1n) is 6.94. The Kier molecular flexibility index (Phi) is 4.80. The Balaban J connectivity index is 1.80. The molecule has 4 heteroatoms. The molecule has 1 aliphatic rings. The lowest BCUT2D eigenvalue weighted by Crippen LogP contribution is -2.29. The van der Waals surface area contributed by atoms with Crippen molar-refractivity contribution in [3.63, 3.8) is 0 Å². The lowest BCUT2D eigenvalue weighted by atomic mass is 10.1. The molecular formula is C15H22N2O2. The van der Waals surface area contributed by atoms with Gasteiger partial charge in [0.25, 0.3) is 5.91 Å². The van der Waals surface area contributed by atoms with E-state index in [1.165, 1.54) is 25.7 Å². The summed E-state index contributed by atoms with van der Waals surface area (Å²) in [5.41, 5.74) is 7.00. The van der Waals surface area contributed by atoms with Crippen LogP contribution in [0.5, 0.6) is 0 Å². The van der Waals surface area contributed by atoms with Crippen LogP contribution in [0.1, 0.15) is 32.6 Å². The number of anilines is 2. The van der Waals surface area contributed by atoms with Crippen molar-refractivity contribution in [2.75, 3.05) is 17.7 Å². The zero-order valence-electron chi connectivity index (χ0n) is 11.4. The Morgan fingerprint density at radius 1 is 1.42 bits per heavy atom. The second-order valence-electron chi connectivity index (χ2n) is 5.20. The van der Waals surface area contributed by atoms with Crippen LogP contribution in [0, 0.1) is 5.92 Å². The van der Waals surface area contributed by atoms with Crippen molar-refractivity contribution in [1.82, 2.24) is 0 Å². The highest BCUT2D eigenvalue weighted by molar-refractivity contribution is 5.96. The SMILES string of the molecule is CC(OCC1CCCC1)C(=O)Nc1ccccc1N. The molecule has 0 heterocycles. The van der Waals surface area contributed by atoms with Gasteiger partial charge in [0.15, 0.2) is 0 Å². The average Bonchev–Trinajstić information content (AvgIpc) is 2.91. The standard InChI is InChI=1S/C15H22N2O2/c1-11(19-10-12-6-2-3-7-12)15(18)17-14-9-5-4-8-13(14)16/h4-5,8-9,11-12H,2-3,6-7,10,16H2,1H3,(H,17,18). The lowest BCUT2D eigenvalue weighted by Gasteiger charge is -2.16. The predicted octanol–water partition coefficient (Wildman–Crippen LogP) is 2.80. The molecule has 0 aliphatic heterocycles. The van der Waals surface area contributed by atoms with Crippen molar-refractivity contribution in [2.24, 2.45) is 5.92 Å². The maximum atomic E-state index is 12.0. The zero-order chi connectivity index (χ0) is 13.7. The fourth-order valence-electron chi connectivity index (χ4n) is 2.38. The quantitative estimate of drug-likeness (QED) is 0.802. The number of carbonyl (C=O) groups excluding carboxylic acids is 1. The summed E-state index contributed by atoms with van der Waals surface area (Å²) in [7, 11) is 0. The van der Waals surface area contributed by atoms with E-state index >= 15 is 0 Å². The molecule has 0 radical (unpaired) electrons. The van der Waals surface area contributed by atoms with Crippen LogP contribution in [0.4, 0.5) is 11.4 Å². The minimum absolute atomic E-state index is 0.143. The molecule has 1 unspecified atom stereocenters. The first-order valence-corrected chi connectivity index (χ1v) is 6.94. The van der Waals surface area contributed by atoms with Crippen molar-refractivity contribution in [3.8, 4) is 0 Å². The van der Waals surface area contributed by atoms with Crippen molar-refractivity contribution < 1.29 is 9.53 Å². The molecule has 1 aromatic rings. The molecule has 1 saturated carbocycles. The van der Waals surface area contributed by atoms with Crippen molar-refractivity contribution in [3.05, 3.63) is 24.3 Å². The van der Waals surface area contributed by atoms with Gasteiger partial charge in [-0.1, -0.05) is 25.0 Å². The molecule has 1 atom stereocenters. The van der Waals surface area contributed by atoms with Gasteiger partial charge in [-0.25, -0.2) is 0 Å². The van der Waals surface area contributed by atoms with Crippen molar-refractivity contribution in [2.45, 2.75) is 38.7 Å². The molecule has 4 nitrogen and oxygen atoms in total. The molecule has 19 heavy (non-hydrogen) atoms. The number of hydrogen-bond acceptors (Lipinski definition) is 3. The van der Waals surface area contributed by atoms with E-state index in [9.17, 15) is 4.79 Å². The maximum Gasteiger partial charge on any atom is 0.253 e. The molecule has 0 aromatic heterocycles. The number of para-hydroxylation sites is 2. The molecule has 1 fully saturated rings. The third-order valence-electron chi connectivity index (χ3n) is 3.64. The van der Waals surface area contributed by atoms with Gasteiger partial charge in [0.2, 0.25) is 0 Å². The number of amides is 1. The summed E-state index contributed by atoms with van der Waals surface area (Å²) in [6, 6.07) is 7.23. The number of hydrogen-bond donors (Lipinski definition) is 2. The van der Waals surface area contributed by atoms with E-state index in [-0.39, 0.29) is 5.91 Å². The maximum absolute atomic E-state index is 12.0. The molecule has 1 aromatic carbocycles. The third-order valence-corrected chi connectivity index (χ3v) is 3.64. The summed E-state index contributed by atoms with van der Waals surface area (Å²) in [4.78, 5) is 12.0. The summed E-state index contributed by atoms with van der Waals surface area (Å²) < 4.78 is 5.65.